The van der Waals surface area contributed by atoms with Crippen LogP contribution in [-0.2, 0) is 11.4 Å². The lowest BCUT2D eigenvalue weighted by atomic mass is 9.92. The van der Waals surface area contributed by atoms with Gasteiger partial charge in [-0.1, -0.05) is 36.4 Å². The fourth-order valence-corrected chi connectivity index (χ4v) is 3.74. The van der Waals surface area contributed by atoms with Gasteiger partial charge in [0.05, 0.1) is 17.2 Å². The largest absolute Gasteiger partial charge is 0.485 e. The van der Waals surface area contributed by atoms with Crippen LogP contribution in [0.3, 0.4) is 0 Å². The summed E-state index contributed by atoms with van der Waals surface area (Å²) in [6.45, 7) is 1.28. The summed E-state index contributed by atoms with van der Waals surface area (Å²) in [4.78, 5) is 29.4. The third kappa shape index (κ3) is 4.45. The Hall–Kier alpha value is -4.07. The van der Waals surface area contributed by atoms with Crippen LogP contribution in [-0.4, -0.2) is 26.2 Å². The molecular weight excluding hydrogens is 430 g/mol. The molecule has 0 radical (unpaired) electrons. The number of imidazole rings is 1. The Morgan fingerprint density at radius 3 is 2.39 bits per heavy atom. The molecule has 0 bridgehead atoms. The van der Waals surface area contributed by atoms with Crippen LogP contribution in [0.5, 0.6) is 5.75 Å². The van der Waals surface area contributed by atoms with Crippen molar-refractivity contribution in [2.45, 2.75) is 25.9 Å². The Labute approximate surface area is 188 Å². The fraction of sp³-hybridized carbons (Fsp3) is 0.160. The van der Waals surface area contributed by atoms with Crippen LogP contribution in [0.15, 0.2) is 66.9 Å². The topological polar surface area (TPSA) is 80.9 Å². The molecular formula is C25H20F2N2O4. The SMILES string of the molecule is Cc1nc2c(OCc3c(F)cccc3F)cccn2c1C(=O)C[C@@H](C(=O)O)c1ccccc1. The van der Waals surface area contributed by atoms with Crippen LogP contribution in [0.2, 0.25) is 0 Å². The number of hydrogen-bond acceptors (Lipinski definition) is 4. The molecule has 0 unspecified atom stereocenters. The Bertz CT molecular complexity index is 1320. The molecule has 0 spiro atoms. The normalized spacial score (nSPS) is 12.0. The van der Waals surface area contributed by atoms with Gasteiger partial charge in [-0.3, -0.25) is 14.0 Å². The highest BCUT2D eigenvalue weighted by molar-refractivity contribution is 5.99. The Morgan fingerprint density at radius 2 is 1.73 bits per heavy atom. The van der Waals surface area contributed by atoms with Crippen molar-refractivity contribution >= 4 is 17.4 Å². The second-order valence-electron chi connectivity index (χ2n) is 7.53. The summed E-state index contributed by atoms with van der Waals surface area (Å²) < 4.78 is 35.0. The van der Waals surface area contributed by atoms with Crippen molar-refractivity contribution in [2.24, 2.45) is 0 Å². The molecule has 4 rings (SSSR count). The number of carbonyl (C=O) groups excluding carboxylic acids is 1. The number of carbonyl (C=O) groups is 2. The second-order valence-corrected chi connectivity index (χ2v) is 7.53. The number of pyridine rings is 1. The molecule has 2 heterocycles. The first-order valence-corrected chi connectivity index (χ1v) is 10.2. The van der Waals surface area contributed by atoms with Gasteiger partial charge in [0.2, 0.25) is 0 Å². The Morgan fingerprint density at radius 1 is 1.03 bits per heavy atom. The number of rotatable bonds is 8. The quantitative estimate of drug-likeness (QED) is 0.385. The number of benzene rings is 2. The number of hydrogen-bond donors (Lipinski definition) is 1. The van der Waals surface area contributed by atoms with Crippen LogP contribution in [0.1, 0.15) is 39.6 Å². The predicted molar refractivity (Wildman–Crippen MR) is 116 cm³/mol. The summed E-state index contributed by atoms with van der Waals surface area (Å²) in [5.41, 5.74) is 1.23. The molecule has 1 N–H and O–H groups in total. The molecule has 0 fully saturated rings. The molecule has 2 aromatic heterocycles. The zero-order valence-corrected chi connectivity index (χ0v) is 17.7. The number of carboxylic acid groups (broad SMARTS) is 1. The summed E-state index contributed by atoms with van der Waals surface area (Å²) in [6.07, 6.45) is 1.36. The highest BCUT2D eigenvalue weighted by Gasteiger charge is 2.27. The molecule has 0 aliphatic carbocycles. The first-order valence-electron chi connectivity index (χ1n) is 10.2. The van der Waals surface area contributed by atoms with Crippen LogP contribution in [0.25, 0.3) is 5.65 Å². The lowest BCUT2D eigenvalue weighted by Crippen LogP contribution is -2.17. The molecule has 168 valence electrons. The van der Waals surface area contributed by atoms with E-state index in [1.807, 2.05) is 0 Å². The van der Waals surface area contributed by atoms with E-state index in [-0.39, 0.29) is 30.0 Å². The highest BCUT2D eigenvalue weighted by Crippen LogP contribution is 2.27. The summed E-state index contributed by atoms with van der Waals surface area (Å²) in [7, 11) is 0. The van der Waals surface area contributed by atoms with Crippen LogP contribution in [0.4, 0.5) is 8.78 Å². The van der Waals surface area contributed by atoms with Crippen molar-refractivity contribution in [3.63, 3.8) is 0 Å². The second kappa shape index (κ2) is 9.20. The number of nitrogens with zero attached hydrogens (tertiary/aromatic N) is 2. The van der Waals surface area contributed by atoms with E-state index in [1.165, 1.54) is 10.5 Å². The predicted octanol–water partition coefficient (Wildman–Crippen LogP) is 4.94. The molecule has 0 aliphatic rings. The lowest BCUT2D eigenvalue weighted by molar-refractivity contribution is -0.138. The summed E-state index contributed by atoms with van der Waals surface area (Å²) >= 11 is 0. The van der Waals surface area contributed by atoms with Crippen molar-refractivity contribution in [1.82, 2.24) is 9.38 Å². The molecule has 33 heavy (non-hydrogen) atoms. The van der Waals surface area contributed by atoms with Crippen LogP contribution < -0.4 is 4.74 Å². The molecule has 0 amide bonds. The van der Waals surface area contributed by atoms with Gasteiger partial charge in [-0.2, -0.15) is 0 Å². The number of aromatic nitrogens is 2. The van der Waals surface area contributed by atoms with E-state index in [1.54, 1.807) is 55.6 Å². The van der Waals surface area contributed by atoms with E-state index < -0.39 is 29.3 Å². The minimum absolute atomic E-state index is 0.216. The molecule has 6 nitrogen and oxygen atoms in total. The monoisotopic (exact) mass is 450 g/mol. The van der Waals surface area contributed by atoms with Gasteiger partial charge in [0.25, 0.3) is 0 Å². The third-order valence-electron chi connectivity index (χ3n) is 5.38. The van der Waals surface area contributed by atoms with Crippen molar-refractivity contribution in [1.29, 1.82) is 0 Å². The van der Waals surface area contributed by atoms with Crippen molar-refractivity contribution < 1.29 is 28.2 Å². The third-order valence-corrected chi connectivity index (χ3v) is 5.38. The van der Waals surface area contributed by atoms with Gasteiger partial charge in [0.15, 0.2) is 17.2 Å². The van der Waals surface area contributed by atoms with Gasteiger partial charge < -0.3 is 9.84 Å². The number of aryl methyl sites for hydroxylation is 1. The van der Waals surface area contributed by atoms with E-state index >= 15 is 0 Å². The number of fused-ring (bicyclic) bond motifs is 1. The van der Waals surface area contributed by atoms with Crippen LogP contribution >= 0.6 is 0 Å². The molecule has 4 aromatic rings. The molecule has 0 aliphatic heterocycles. The number of ether oxygens (including phenoxy) is 1. The number of carboxylic acids is 1. The molecule has 1 atom stereocenters. The Balaban J connectivity index is 1.64. The van der Waals surface area contributed by atoms with Gasteiger partial charge in [-0.15, -0.1) is 0 Å². The van der Waals surface area contributed by atoms with Gasteiger partial charge in [-0.05, 0) is 36.8 Å². The smallest absolute Gasteiger partial charge is 0.311 e. The van der Waals surface area contributed by atoms with E-state index in [4.69, 9.17) is 4.74 Å². The molecule has 2 aromatic carbocycles. The maximum Gasteiger partial charge on any atom is 0.311 e. The maximum absolute atomic E-state index is 13.9. The summed E-state index contributed by atoms with van der Waals surface area (Å²) in [5, 5.41) is 9.67. The van der Waals surface area contributed by atoms with E-state index in [0.29, 0.717) is 16.9 Å². The number of aliphatic carboxylic acids is 1. The standard InChI is InChI=1S/C25H20F2N2O4/c1-15-23(21(30)13-17(25(31)32)16-7-3-2-4-8-16)29-12-6-11-22(24(29)28-15)33-14-18-19(26)9-5-10-20(18)27/h2-12,17H,13-14H2,1H3,(H,31,32)/t17-/m1/s1. The van der Waals surface area contributed by atoms with Crippen molar-refractivity contribution in [2.75, 3.05) is 0 Å². The van der Waals surface area contributed by atoms with E-state index in [9.17, 15) is 23.5 Å². The first kappa shape index (κ1) is 22.1. The minimum Gasteiger partial charge on any atom is -0.485 e. The summed E-state index contributed by atoms with van der Waals surface area (Å²) in [5.74, 6) is -3.71. The maximum atomic E-state index is 13.9. The minimum atomic E-state index is -1.10. The molecule has 8 heteroatoms. The number of halogens is 2. The zero-order valence-electron chi connectivity index (χ0n) is 17.7. The zero-order chi connectivity index (χ0) is 23.5. The highest BCUT2D eigenvalue weighted by atomic mass is 19.1. The van der Waals surface area contributed by atoms with Gasteiger partial charge in [-0.25, -0.2) is 13.8 Å². The van der Waals surface area contributed by atoms with Gasteiger partial charge in [0.1, 0.15) is 23.9 Å². The van der Waals surface area contributed by atoms with Crippen LogP contribution in [0, 0.1) is 18.6 Å². The lowest BCUT2D eigenvalue weighted by Gasteiger charge is -2.12. The van der Waals surface area contributed by atoms with Gasteiger partial charge >= 0.3 is 5.97 Å². The average molecular weight is 450 g/mol. The first-order chi connectivity index (χ1) is 15.9. The van der Waals surface area contributed by atoms with E-state index in [2.05, 4.69) is 4.98 Å². The number of ketones is 1. The molecule has 0 saturated heterocycles. The van der Waals surface area contributed by atoms with Gasteiger partial charge in [0, 0.05) is 12.6 Å². The summed E-state index contributed by atoms with van der Waals surface area (Å²) in [6, 6.07) is 15.3. The Kier molecular flexibility index (Phi) is 6.17. The molecule has 0 saturated carbocycles. The fourth-order valence-electron chi connectivity index (χ4n) is 3.74. The van der Waals surface area contributed by atoms with Crippen molar-refractivity contribution in [3.05, 3.63) is 101 Å². The van der Waals surface area contributed by atoms with Crippen molar-refractivity contribution in [3.8, 4) is 5.75 Å². The average Bonchev–Trinajstić information content (AvgIpc) is 3.14. The van der Waals surface area contributed by atoms with E-state index in [0.717, 1.165) is 12.1 Å². The number of Topliss-reactive ketones (excluding diaryl/α,β-unsaturated/α-hetero) is 1.